The second-order valence-electron chi connectivity index (χ2n) is 11.4. The van der Waals surface area contributed by atoms with E-state index in [9.17, 15) is 29.7 Å². The van der Waals surface area contributed by atoms with Crippen molar-refractivity contribution in [3.8, 4) is 0 Å². The third-order valence-corrected chi connectivity index (χ3v) is 9.96. The summed E-state index contributed by atoms with van der Waals surface area (Å²) in [5.41, 5.74) is -2.84. The van der Waals surface area contributed by atoms with Crippen molar-refractivity contribution in [2.24, 2.45) is 34.5 Å². The Kier molecular flexibility index (Phi) is 5.17. The van der Waals surface area contributed by atoms with Crippen molar-refractivity contribution in [2.75, 3.05) is 6.61 Å². The quantitative estimate of drug-likeness (QED) is 0.496. The first-order valence-corrected chi connectivity index (χ1v) is 12.2. The fraction of sp³-hybridized carbons (Fsp3) is 0.800. The third-order valence-electron chi connectivity index (χ3n) is 9.96. The van der Waals surface area contributed by atoms with Gasteiger partial charge in [-0.15, -0.1) is 0 Å². The number of esters is 2. The highest BCUT2D eigenvalue weighted by Gasteiger charge is 2.82. The van der Waals surface area contributed by atoms with E-state index in [2.05, 4.69) is 0 Å². The van der Waals surface area contributed by atoms with Gasteiger partial charge in [0.2, 0.25) is 6.10 Å². The van der Waals surface area contributed by atoms with Crippen molar-refractivity contribution < 1.29 is 43.9 Å². The summed E-state index contributed by atoms with van der Waals surface area (Å²) in [6.07, 6.45) is -3.95. The summed E-state index contributed by atoms with van der Waals surface area (Å²) in [6.45, 7) is 8.76. The molecule has 188 valence electrons. The Morgan fingerprint density at radius 1 is 1.24 bits per heavy atom. The van der Waals surface area contributed by atoms with Crippen molar-refractivity contribution in [1.29, 1.82) is 0 Å². The summed E-state index contributed by atoms with van der Waals surface area (Å²) in [4.78, 5) is 38.8. The second-order valence-corrected chi connectivity index (χ2v) is 11.4. The smallest absolute Gasteiger partial charge is 0.348 e. The Balaban J connectivity index is 1.69. The number of carbonyl (C=O) groups excluding carboxylic acids is 3. The van der Waals surface area contributed by atoms with Gasteiger partial charge in [-0.3, -0.25) is 9.59 Å². The summed E-state index contributed by atoms with van der Waals surface area (Å²) in [5.74, 6) is -4.16. The SMILES string of the molecule is CC[C@@H](C)C(=O)O[C@H]1C(=O)OC2C[C@H]3C(C)=CC(=O)[C@@H](O)[C@]3(C)[C@H]3[C@@H](O)[C@H](O)[C@@]4(C)OC[C@@]23C14. The zero-order valence-electron chi connectivity index (χ0n) is 20.2. The van der Waals surface area contributed by atoms with Crippen LogP contribution in [-0.4, -0.2) is 75.8 Å². The minimum absolute atomic E-state index is 0.0360. The van der Waals surface area contributed by atoms with E-state index in [0.717, 1.165) is 5.57 Å². The molecule has 3 N–H and O–H groups in total. The molecule has 0 aromatic rings. The van der Waals surface area contributed by atoms with E-state index in [0.29, 0.717) is 12.8 Å². The molecule has 2 heterocycles. The number of hydrogen-bond donors (Lipinski definition) is 3. The number of carbonyl (C=O) groups is 3. The van der Waals surface area contributed by atoms with Gasteiger partial charge in [0.1, 0.15) is 23.9 Å². The van der Waals surface area contributed by atoms with E-state index in [-0.39, 0.29) is 12.5 Å². The lowest BCUT2D eigenvalue weighted by molar-refractivity contribution is -0.297. The van der Waals surface area contributed by atoms with Gasteiger partial charge >= 0.3 is 11.9 Å². The lowest BCUT2D eigenvalue weighted by atomic mass is 9.38. The Bertz CT molecular complexity index is 975. The molecule has 2 bridgehead atoms. The van der Waals surface area contributed by atoms with E-state index in [1.807, 2.05) is 6.92 Å². The number of ether oxygens (including phenoxy) is 3. The largest absolute Gasteiger partial charge is 0.459 e. The van der Waals surface area contributed by atoms with E-state index in [4.69, 9.17) is 14.2 Å². The number of aliphatic hydroxyl groups excluding tert-OH is 3. The maximum Gasteiger partial charge on any atom is 0.348 e. The fourth-order valence-corrected chi connectivity index (χ4v) is 8.09. The van der Waals surface area contributed by atoms with Gasteiger partial charge in [-0.05, 0) is 38.7 Å². The number of allylic oxidation sites excluding steroid dienone is 1. The van der Waals surface area contributed by atoms with Crippen molar-refractivity contribution in [3.63, 3.8) is 0 Å². The molecule has 2 saturated carbocycles. The molecule has 12 atom stereocenters. The van der Waals surface area contributed by atoms with Gasteiger partial charge in [-0.1, -0.05) is 26.3 Å². The topological polar surface area (TPSA) is 140 Å². The first kappa shape index (κ1) is 23.9. The fourth-order valence-electron chi connectivity index (χ4n) is 8.09. The van der Waals surface area contributed by atoms with Crippen LogP contribution in [0.5, 0.6) is 0 Å². The number of fused-ring (bicyclic) bond motifs is 2. The minimum atomic E-state index is -1.43. The van der Waals surface area contributed by atoms with Gasteiger partial charge in [0.15, 0.2) is 5.78 Å². The molecule has 0 radical (unpaired) electrons. The van der Waals surface area contributed by atoms with Gasteiger partial charge in [0.25, 0.3) is 0 Å². The van der Waals surface area contributed by atoms with Gasteiger partial charge in [-0.2, -0.15) is 0 Å². The highest BCUT2D eigenvalue weighted by Crippen LogP contribution is 2.72. The highest BCUT2D eigenvalue weighted by atomic mass is 16.6. The average molecular weight is 479 g/mol. The summed E-state index contributed by atoms with van der Waals surface area (Å²) in [5, 5.41) is 34.0. The first-order valence-electron chi connectivity index (χ1n) is 12.2. The van der Waals surface area contributed by atoms with Crippen LogP contribution in [0.2, 0.25) is 0 Å². The molecule has 0 aromatic carbocycles. The molecular formula is C25H34O9. The summed E-state index contributed by atoms with van der Waals surface area (Å²) in [6, 6.07) is 0. The van der Waals surface area contributed by atoms with E-state index >= 15 is 0 Å². The molecule has 4 fully saturated rings. The zero-order valence-corrected chi connectivity index (χ0v) is 20.2. The summed E-state index contributed by atoms with van der Waals surface area (Å²) >= 11 is 0. The molecule has 34 heavy (non-hydrogen) atoms. The number of hydrogen-bond acceptors (Lipinski definition) is 9. The van der Waals surface area contributed by atoms with Crippen LogP contribution < -0.4 is 0 Å². The van der Waals surface area contributed by atoms with Gasteiger partial charge in [-0.25, -0.2) is 4.79 Å². The molecule has 0 aromatic heterocycles. The lowest BCUT2D eigenvalue weighted by Gasteiger charge is -2.68. The Morgan fingerprint density at radius 3 is 2.56 bits per heavy atom. The number of ketones is 1. The molecule has 1 spiro atoms. The standard InChI is InChI=1S/C25H34O9/c1-6-10(2)21(30)34-16-18-24(5)20(29)15(27)17-23(4)12(11(3)7-13(26)19(23)28)8-14(33-22(16)31)25(17,18)9-32-24/h7,10,12,14-20,27-29H,6,8-9H2,1-5H3/t10-,12+,14?,15-,16-,17-,18?,19-,20+,23+,24+,25-/m1/s1. The Labute approximate surface area is 198 Å². The summed E-state index contributed by atoms with van der Waals surface area (Å²) in [7, 11) is 0. The van der Waals surface area contributed by atoms with Crippen molar-refractivity contribution >= 4 is 17.7 Å². The predicted molar refractivity (Wildman–Crippen MR) is 116 cm³/mol. The lowest BCUT2D eigenvalue weighted by Crippen LogP contribution is -2.78. The Hall–Kier alpha value is -1.81. The molecule has 5 rings (SSSR count). The van der Waals surface area contributed by atoms with E-state index < -0.39 is 82.4 Å². The summed E-state index contributed by atoms with van der Waals surface area (Å²) < 4.78 is 17.8. The van der Waals surface area contributed by atoms with Crippen molar-refractivity contribution in [1.82, 2.24) is 0 Å². The molecule has 2 unspecified atom stereocenters. The van der Waals surface area contributed by atoms with Crippen LogP contribution in [0.1, 0.15) is 47.5 Å². The van der Waals surface area contributed by atoms with Crippen LogP contribution in [0.25, 0.3) is 0 Å². The molecular weight excluding hydrogens is 444 g/mol. The van der Waals surface area contributed by atoms with Crippen LogP contribution in [0.4, 0.5) is 0 Å². The molecule has 9 nitrogen and oxygen atoms in total. The monoisotopic (exact) mass is 478 g/mol. The van der Waals surface area contributed by atoms with Gasteiger partial charge in [0, 0.05) is 16.7 Å². The molecule has 2 aliphatic heterocycles. The Morgan fingerprint density at radius 2 is 1.91 bits per heavy atom. The van der Waals surface area contributed by atoms with Crippen LogP contribution in [0.3, 0.4) is 0 Å². The zero-order chi connectivity index (χ0) is 25.0. The van der Waals surface area contributed by atoms with Crippen LogP contribution in [0.15, 0.2) is 11.6 Å². The molecule has 5 aliphatic rings. The van der Waals surface area contributed by atoms with Gasteiger partial charge in [0.05, 0.1) is 24.5 Å². The van der Waals surface area contributed by atoms with Crippen LogP contribution >= 0.6 is 0 Å². The number of aliphatic hydroxyl groups is 3. The van der Waals surface area contributed by atoms with Crippen molar-refractivity contribution in [3.05, 3.63) is 11.6 Å². The predicted octanol–water partition coefficient (Wildman–Crippen LogP) is 0.529. The van der Waals surface area contributed by atoms with E-state index in [1.54, 1.807) is 27.7 Å². The molecule has 2 saturated heterocycles. The highest BCUT2D eigenvalue weighted by molar-refractivity contribution is 5.96. The van der Waals surface area contributed by atoms with E-state index in [1.165, 1.54) is 6.08 Å². The molecule has 0 amide bonds. The maximum atomic E-state index is 13.3. The first-order chi connectivity index (χ1) is 15.8. The maximum absolute atomic E-state index is 13.3. The normalized spacial score (nSPS) is 52.2. The van der Waals surface area contributed by atoms with Gasteiger partial charge < -0.3 is 29.5 Å². The van der Waals surface area contributed by atoms with Crippen molar-refractivity contribution in [2.45, 2.75) is 83.6 Å². The second kappa shape index (κ2) is 7.35. The number of rotatable bonds is 3. The van der Waals surface area contributed by atoms with Crippen LogP contribution in [0, 0.1) is 34.5 Å². The third kappa shape index (κ3) is 2.61. The molecule has 3 aliphatic carbocycles. The average Bonchev–Trinajstić information content (AvgIpc) is 3.06. The van der Waals surface area contributed by atoms with Crippen LogP contribution in [-0.2, 0) is 28.6 Å². The minimum Gasteiger partial charge on any atom is -0.459 e. The molecule has 9 heteroatoms.